The summed E-state index contributed by atoms with van der Waals surface area (Å²) in [6, 6.07) is 13.8. The second-order valence-corrected chi connectivity index (χ2v) is 6.50. The number of anilines is 1. The number of thioether (sulfide) groups is 1. The van der Waals surface area contributed by atoms with Gasteiger partial charge in [0.1, 0.15) is 5.75 Å². The molecule has 2 aromatic rings. The minimum Gasteiger partial charge on any atom is -0.483 e. The van der Waals surface area contributed by atoms with Crippen molar-refractivity contribution in [2.45, 2.75) is 4.90 Å². The van der Waals surface area contributed by atoms with Gasteiger partial charge in [0.2, 0.25) is 5.91 Å². The molecular formula is C19H21N3O4S. The molecule has 0 bridgehead atoms. The van der Waals surface area contributed by atoms with E-state index in [0.717, 1.165) is 4.90 Å². The largest absolute Gasteiger partial charge is 0.483 e. The smallest absolute Gasteiger partial charge is 0.260 e. The third-order valence-corrected chi connectivity index (χ3v) is 4.49. The maximum Gasteiger partial charge on any atom is 0.260 e. The standard InChI is InChI=1S/C19H21N3O4S/c1-22(11-17(23)21-14-8-4-6-10-16(14)27-2)18(24)12-26-15-9-5-3-7-13(15)19(20)25/h3-10H,11-12H2,1-2H3,(H2,20,25)(H,21,23). The zero-order chi connectivity index (χ0) is 19.8. The molecule has 3 amide bonds. The van der Waals surface area contributed by atoms with Crippen LogP contribution in [0.3, 0.4) is 0 Å². The molecule has 0 saturated heterocycles. The molecule has 0 aliphatic heterocycles. The highest BCUT2D eigenvalue weighted by atomic mass is 32.2. The van der Waals surface area contributed by atoms with E-state index in [-0.39, 0.29) is 30.4 Å². The van der Waals surface area contributed by atoms with Crippen molar-refractivity contribution >= 4 is 35.2 Å². The number of para-hydroxylation sites is 2. The van der Waals surface area contributed by atoms with Crippen molar-refractivity contribution < 1.29 is 19.1 Å². The Morgan fingerprint density at radius 2 is 1.78 bits per heavy atom. The molecule has 8 heteroatoms. The molecule has 0 spiro atoms. The second kappa shape index (κ2) is 9.63. The van der Waals surface area contributed by atoms with E-state index in [1.165, 1.54) is 29.8 Å². The first-order valence-electron chi connectivity index (χ1n) is 8.11. The number of primary amides is 1. The molecule has 0 radical (unpaired) electrons. The van der Waals surface area contributed by atoms with Crippen LogP contribution in [0.4, 0.5) is 5.69 Å². The fourth-order valence-corrected chi connectivity index (χ4v) is 2.84. The lowest BCUT2D eigenvalue weighted by atomic mass is 10.2. The highest BCUT2D eigenvalue weighted by Gasteiger charge is 2.16. The van der Waals surface area contributed by atoms with E-state index in [1.807, 2.05) is 24.5 Å². The number of likely N-dealkylation sites (N-methyl/N-ethyl adjacent to an activating group) is 1. The van der Waals surface area contributed by atoms with E-state index >= 15 is 0 Å². The minimum absolute atomic E-state index is 0.123. The predicted octanol–water partition coefficient (Wildman–Crippen LogP) is 1.98. The van der Waals surface area contributed by atoms with E-state index in [9.17, 15) is 14.4 Å². The van der Waals surface area contributed by atoms with Crippen LogP contribution in [-0.4, -0.2) is 49.1 Å². The van der Waals surface area contributed by atoms with Crippen molar-refractivity contribution in [3.63, 3.8) is 0 Å². The maximum atomic E-state index is 12.2. The SMILES string of the molecule is CSc1ccccc1NC(=O)CN(C)C(=O)COc1ccccc1C(N)=O. The summed E-state index contributed by atoms with van der Waals surface area (Å²) in [4.78, 5) is 38.0. The Hall–Kier alpha value is -3.00. The predicted molar refractivity (Wildman–Crippen MR) is 105 cm³/mol. The lowest BCUT2D eigenvalue weighted by Crippen LogP contribution is -2.37. The Kier molecular flexibility index (Phi) is 7.25. The first-order chi connectivity index (χ1) is 12.9. The van der Waals surface area contributed by atoms with Gasteiger partial charge in [0.15, 0.2) is 6.61 Å². The van der Waals surface area contributed by atoms with Crippen LogP contribution in [0.15, 0.2) is 53.4 Å². The zero-order valence-electron chi connectivity index (χ0n) is 15.1. The van der Waals surface area contributed by atoms with Gasteiger partial charge in [-0.25, -0.2) is 0 Å². The van der Waals surface area contributed by atoms with Crippen LogP contribution >= 0.6 is 11.8 Å². The highest BCUT2D eigenvalue weighted by molar-refractivity contribution is 7.98. The molecule has 0 heterocycles. The summed E-state index contributed by atoms with van der Waals surface area (Å²) in [7, 11) is 1.51. The number of carbonyl (C=O) groups is 3. The third kappa shape index (κ3) is 5.75. The van der Waals surface area contributed by atoms with Crippen molar-refractivity contribution in [3.8, 4) is 5.75 Å². The van der Waals surface area contributed by atoms with Crippen LogP contribution in [0.2, 0.25) is 0 Å². The molecule has 27 heavy (non-hydrogen) atoms. The highest BCUT2D eigenvalue weighted by Crippen LogP contribution is 2.24. The quantitative estimate of drug-likeness (QED) is 0.675. The lowest BCUT2D eigenvalue weighted by Gasteiger charge is -2.18. The van der Waals surface area contributed by atoms with Crippen molar-refractivity contribution in [1.82, 2.24) is 4.90 Å². The number of hydrogen-bond acceptors (Lipinski definition) is 5. The van der Waals surface area contributed by atoms with Gasteiger partial charge < -0.3 is 20.7 Å². The van der Waals surface area contributed by atoms with E-state index in [0.29, 0.717) is 5.69 Å². The summed E-state index contributed by atoms with van der Waals surface area (Å²) < 4.78 is 5.39. The van der Waals surface area contributed by atoms with Gasteiger partial charge in [-0.05, 0) is 30.5 Å². The van der Waals surface area contributed by atoms with Crippen LogP contribution in [-0.2, 0) is 9.59 Å². The first kappa shape index (κ1) is 20.3. The van der Waals surface area contributed by atoms with E-state index in [2.05, 4.69) is 5.32 Å². The molecule has 7 nitrogen and oxygen atoms in total. The fraction of sp³-hybridized carbons (Fsp3) is 0.211. The van der Waals surface area contributed by atoms with Crippen LogP contribution in [0.1, 0.15) is 10.4 Å². The molecule has 0 aromatic heterocycles. The Morgan fingerprint density at radius 1 is 1.11 bits per heavy atom. The Bertz CT molecular complexity index is 841. The van der Waals surface area contributed by atoms with Gasteiger partial charge in [0.05, 0.1) is 17.8 Å². The van der Waals surface area contributed by atoms with Crippen LogP contribution in [0, 0.1) is 0 Å². The zero-order valence-corrected chi connectivity index (χ0v) is 15.9. The van der Waals surface area contributed by atoms with E-state index in [4.69, 9.17) is 10.5 Å². The number of rotatable bonds is 8. The third-order valence-electron chi connectivity index (χ3n) is 3.69. The van der Waals surface area contributed by atoms with Crippen molar-refractivity contribution in [2.24, 2.45) is 5.73 Å². The molecule has 0 unspecified atom stereocenters. The van der Waals surface area contributed by atoms with Gasteiger partial charge >= 0.3 is 0 Å². The topological polar surface area (TPSA) is 102 Å². The Labute approximate surface area is 161 Å². The van der Waals surface area contributed by atoms with Gasteiger partial charge in [-0.2, -0.15) is 0 Å². The van der Waals surface area contributed by atoms with Gasteiger partial charge in [-0.15, -0.1) is 11.8 Å². The summed E-state index contributed by atoms with van der Waals surface area (Å²) in [6.45, 7) is -0.433. The summed E-state index contributed by atoms with van der Waals surface area (Å²) in [5.41, 5.74) is 6.17. The molecule has 0 aliphatic carbocycles. The molecule has 142 valence electrons. The molecule has 3 N–H and O–H groups in total. The molecule has 0 saturated carbocycles. The summed E-state index contributed by atoms with van der Waals surface area (Å²) in [5, 5.41) is 2.79. The summed E-state index contributed by atoms with van der Waals surface area (Å²) in [6.07, 6.45) is 1.92. The van der Waals surface area contributed by atoms with Crippen LogP contribution in [0.5, 0.6) is 5.75 Å². The number of nitrogens with two attached hydrogens (primary N) is 1. The molecule has 0 fully saturated rings. The second-order valence-electron chi connectivity index (χ2n) is 5.65. The van der Waals surface area contributed by atoms with Gasteiger partial charge in [0, 0.05) is 11.9 Å². The van der Waals surface area contributed by atoms with Crippen molar-refractivity contribution in [3.05, 3.63) is 54.1 Å². The van der Waals surface area contributed by atoms with Crippen molar-refractivity contribution in [1.29, 1.82) is 0 Å². The minimum atomic E-state index is -0.641. The van der Waals surface area contributed by atoms with Gasteiger partial charge in [-0.1, -0.05) is 24.3 Å². The maximum absolute atomic E-state index is 12.2. The van der Waals surface area contributed by atoms with E-state index in [1.54, 1.807) is 24.3 Å². The monoisotopic (exact) mass is 387 g/mol. The number of benzene rings is 2. The van der Waals surface area contributed by atoms with Crippen molar-refractivity contribution in [2.75, 3.05) is 31.8 Å². The first-order valence-corrected chi connectivity index (χ1v) is 9.33. The van der Waals surface area contributed by atoms with Gasteiger partial charge in [0.25, 0.3) is 11.8 Å². The van der Waals surface area contributed by atoms with Gasteiger partial charge in [-0.3, -0.25) is 14.4 Å². The van der Waals surface area contributed by atoms with Crippen LogP contribution < -0.4 is 15.8 Å². The molecule has 0 aliphatic rings. The molecule has 2 aromatic carbocycles. The normalized spacial score (nSPS) is 10.1. The number of hydrogen-bond donors (Lipinski definition) is 2. The molecular weight excluding hydrogens is 366 g/mol. The molecule has 2 rings (SSSR count). The number of nitrogens with one attached hydrogen (secondary N) is 1. The fourth-order valence-electron chi connectivity index (χ4n) is 2.29. The Morgan fingerprint density at radius 3 is 2.48 bits per heavy atom. The van der Waals surface area contributed by atoms with E-state index < -0.39 is 11.8 Å². The summed E-state index contributed by atoms with van der Waals surface area (Å²) >= 11 is 1.52. The number of nitrogens with zero attached hydrogens (tertiary/aromatic N) is 1. The number of carbonyl (C=O) groups excluding carboxylic acids is 3. The number of amides is 3. The Balaban J connectivity index is 1.90. The average molecular weight is 387 g/mol. The van der Waals surface area contributed by atoms with Crippen LogP contribution in [0.25, 0.3) is 0 Å². The molecule has 0 atom stereocenters. The lowest BCUT2D eigenvalue weighted by molar-refractivity contribution is -0.135. The average Bonchev–Trinajstić information content (AvgIpc) is 2.66. The number of ether oxygens (including phenoxy) is 1. The summed E-state index contributed by atoms with van der Waals surface area (Å²) in [5.74, 6) is -1.13.